The minimum atomic E-state index is -0.103. The zero-order valence-electron chi connectivity index (χ0n) is 10.8. The molecule has 3 rings (SSSR count). The molecule has 2 heterocycles. The summed E-state index contributed by atoms with van der Waals surface area (Å²) in [5, 5.41) is 12.3. The zero-order valence-corrected chi connectivity index (χ0v) is 11.6. The van der Waals surface area contributed by atoms with E-state index in [2.05, 4.69) is 27.4 Å². The summed E-state index contributed by atoms with van der Waals surface area (Å²) in [5.74, 6) is 0.545. The number of benzene rings is 1. The SMILES string of the molecule is CC[C@H]1Nc2ccccc2-c2nnc(SC)nc2O1. The molecule has 6 heteroatoms. The molecule has 5 nitrogen and oxygen atoms in total. The first-order valence-corrected chi connectivity index (χ1v) is 7.35. The van der Waals surface area contributed by atoms with Crippen LogP contribution in [0.5, 0.6) is 5.88 Å². The van der Waals surface area contributed by atoms with Gasteiger partial charge in [0.2, 0.25) is 11.0 Å². The van der Waals surface area contributed by atoms with Crippen molar-refractivity contribution in [2.24, 2.45) is 0 Å². The lowest BCUT2D eigenvalue weighted by Gasteiger charge is -2.16. The number of hydrogen-bond acceptors (Lipinski definition) is 6. The Bertz CT molecular complexity index is 605. The van der Waals surface area contributed by atoms with Crippen LogP contribution in [0.4, 0.5) is 5.69 Å². The van der Waals surface area contributed by atoms with Gasteiger partial charge in [0.05, 0.1) is 0 Å². The maximum absolute atomic E-state index is 5.89. The molecule has 0 saturated heterocycles. The molecule has 19 heavy (non-hydrogen) atoms. The van der Waals surface area contributed by atoms with Gasteiger partial charge in [-0.25, -0.2) is 0 Å². The molecule has 0 unspecified atom stereocenters. The maximum atomic E-state index is 5.89. The second-order valence-corrected chi connectivity index (χ2v) is 4.93. The first kappa shape index (κ1) is 12.2. The van der Waals surface area contributed by atoms with Gasteiger partial charge >= 0.3 is 0 Å². The summed E-state index contributed by atoms with van der Waals surface area (Å²) in [7, 11) is 0. The van der Waals surface area contributed by atoms with E-state index in [1.54, 1.807) is 0 Å². The summed E-state index contributed by atoms with van der Waals surface area (Å²) in [4.78, 5) is 4.42. The molecule has 1 aromatic heterocycles. The average Bonchev–Trinajstić information content (AvgIpc) is 2.62. The van der Waals surface area contributed by atoms with Crippen LogP contribution in [0.15, 0.2) is 29.4 Å². The van der Waals surface area contributed by atoms with Gasteiger partial charge in [0.1, 0.15) is 0 Å². The highest BCUT2D eigenvalue weighted by Gasteiger charge is 2.23. The number of aromatic nitrogens is 3. The molecule has 1 N–H and O–H groups in total. The van der Waals surface area contributed by atoms with Crippen molar-refractivity contribution >= 4 is 17.4 Å². The highest BCUT2D eigenvalue weighted by atomic mass is 32.2. The number of thioether (sulfide) groups is 1. The van der Waals surface area contributed by atoms with Crippen LogP contribution in [-0.4, -0.2) is 27.7 Å². The summed E-state index contributed by atoms with van der Waals surface area (Å²) in [5.41, 5.74) is 2.67. The lowest BCUT2D eigenvalue weighted by atomic mass is 10.1. The van der Waals surface area contributed by atoms with Crippen molar-refractivity contribution in [3.05, 3.63) is 24.3 Å². The summed E-state index contributed by atoms with van der Waals surface area (Å²) in [6.07, 6.45) is 2.66. The van der Waals surface area contributed by atoms with E-state index in [0.29, 0.717) is 16.7 Å². The van der Waals surface area contributed by atoms with Gasteiger partial charge in [-0.3, -0.25) is 0 Å². The van der Waals surface area contributed by atoms with E-state index in [9.17, 15) is 0 Å². The minimum Gasteiger partial charge on any atom is -0.452 e. The molecule has 0 amide bonds. The van der Waals surface area contributed by atoms with Crippen molar-refractivity contribution in [2.45, 2.75) is 24.7 Å². The van der Waals surface area contributed by atoms with Crippen molar-refractivity contribution in [1.29, 1.82) is 0 Å². The Labute approximate surface area is 115 Å². The van der Waals surface area contributed by atoms with E-state index in [0.717, 1.165) is 17.7 Å². The third kappa shape index (κ3) is 2.23. The van der Waals surface area contributed by atoms with Gasteiger partial charge < -0.3 is 10.1 Å². The molecule has 0 spiro atoms. The van der Waals surface area contributed by atoms with Gasteiger partial charge in [-0.05, 0) is 12.3 Å². The van der Waals surface area contributed by atoms with Crippen LogP contribution in [0.2, 0.25) is 0 Å². The summed E-state index contributed by atoms with van der Waals surface area (Å²) < 4.78 is 5.89. The summed E-state index contributed by atoms with van der Waals surface area (Å²) in [6, 6.07) is 7.97. The quantitative estimate of drug-likeness (QED) is 0.850. The van der Waals surface area contributed by atoms with Crippen LogP contribution in [0.25, 0.3) is 11.3 Å². The van der Waals surface area contributed by atoms with Crippen molar-refractivity contribution in [1.82, 2.24) is 15.2 Å². The fourth-order valence-corrected chi connectivity index (χ4v) is 2.27. The highest BCUT2D eigenvalue weighted by Crippen LogP contribution is 2.36. The van der Waals surface area contributed by atoms with Gasteiger partial charge in [-0.2, -0.15) is 4.98 Å². The van der Waals surface area contributed by atoms with E-state index in [1.807, 2.05) is 30.5 Å². The fourth-order valence-electron chi connectivity index (χ4n) is 1.97. The standard InChI is InChI=1S/C13H14N4OS/c1-3-10-14-9-7-5-4-6-8(9)11-12(18-10)15-13(19-2)17-16-11/h4-7,10,14H,3H2,1-2H3/t10-/m0/s1. The second kappa shape index (κ2) is 5.05. The third-order valence-electron chi connectivity index (χ3n) is 2.94. The van der Waals surface area contributed by atoms with Gasteiger partial charge in [0.25, 0.3) is 0 Å². The molecule has 2 aromatic rings. The van der Waals surface area contributed by atoms with Gasteiger partial charge in [-0.1, -0.05) is 36.9 Å². The highest BCUT2D eigenvalue weighted by molar-refractivity contribution is 7.98. The number of nitrogens with zero attached hydrogens (tertiary/aromatic N) is 3. The molecule has 0 bridgehead atoms. The predicted molar refractivity (Wildman–Crippen MR) is 75.4 cm³/mol. The van der Waals surface area contributed by atoms with Gasteiger partial charge in [-0.15, -0.1) is 10.2 Å². The van der Waals surface area contributed by atoms with Crippen LogP contribution in [0.3, 0.4) is 0 Å². The van der Waals surface area contributed by atoms with E-state index < -0.39 is 0 Å². The lowest BCUT2D eigenvalue weighted by molar-refractivity contribution is 0.216. The number of hydrogen-bond donors (Lipinski definition) is 1. The fraction of sp³-hybridized carbons (Fsp3) is 0.308. The maximum Gasteiger partial charge on any atom is 0.247 e. The third-order valence-corrected chi connectivity index (χ3v) is 3.48. The molecule has 98 valence electrons. The topological polar surface area (TPSA) is 59.9 Å². The Morgan fingerprint density at radius 2 is 2.16 bits per heavy atom. The molecular formula is C13H14N4OS. The van der Waals surface area contributed by atoms with Crippen molar-refractivity contribution in [2.75, 3.05) is 11.6 Å². The number of nitrogens with one attached hydrogen (secondary N) is 1. The molecule has 0 radical (unpaired) electrons. The predicted octanol–water partition coefficient (Wildman–Crippen LogP) is 2.80. The van der Waals surface area contributed by atoms with Crippen LogP contribution in [0, 0.1) is 0 Å². The Morgan fingerprint density at radius 1 is 1.32 bits per heavy atom. The molecular weight excluding hydrogens is 260 g/mol. The largest absolute Gasteiger partial charge is 0.452 e. The Hall–Kier alpha value is -1.82. The van der Waals surface area contributed by atoms with E-state index in [4.69, 9.17) is 4.74 Å². The van der Waals surface area contributed by atoms with E-state index >= 15 is 0 Å². The molecule has 1 atom stereocenters. The monoisotopic (exact) mass is 274 g/mol. The van der Waals surface area contributed by atoms with Crippen LogP contribution in [-0.2, 0) is 0 Å². The number of rotatable bonds is 2. The van der Waals surface area contributed by atoms with Crippen molar-refractivity contribution in [3.63, 3.8) is 0 Å². The molecule has 1 aromatic carbocycles. The second-order valence-electron chi connectivity index (χ2n) is 4.16. The molecule has 1 aliphatic heterocycles. The van der Waals surface area contributed by atoms with Crippen LogP contribution < -0.4 is 10.1 Å². The minimum absolute atomic E-state index is 0.103. The van der Waals surface area contributed by atoms with Crippen molar-refractivity contribution < 1.29 is 4.74 Å². The molecule has 0 aliphatic carbocycles. The lowest BCUT2D eigenvalue weighted by Crippen LogP contribution is -2.24. The Balaban J connectivity index is 2.17. The van der Waals surface area contributed by atoms with E-state index in [-0.39, 0.29) is 6.23 Å². The van der Waals surface area contributed by atoms with Crippen LogP contribution >= 0.6 is 11.8 Å². The van der Waals surface area contributed by atoms with E-state index in [1.165, 1.54) is 11.8 Å². The number of anilines is 1. The summed E-state index contributed by atoms with van der Waals surface area (Å²) in [6.45, 7) is 2.06. The molecule has 0 fully saturated rings. The van der Waals surface area contributed by atoms with Gasteiger partial charge in [0, 0.05) is 17.7 Å². The zero-order chi connectivity index (χ0) is 13.2. The molecule has 1 aliphatic rings. The molecule has 0 saturated carbocycles. The Morgan fingerprint density at radius 3 is 2.95 bits per heavy atom. The first-order valence-electron chi connectivity index (χ1n) is 6.13. The van der Waals surface area contributed by atoms with Gasteiger partial charge in [0.15, 0.2) is 11.9 Å². The Kier molecular flexibility index (Phi) is 3.25. The first-order chi connectivity index (χ1) is 9.31. The van der Waals surface area contributed by atoms with Crippen molar-refractivity contribution in [3.8, 4) is 17.1 Å². The normalized spacial score (nSPS) is 16.6. The average molecular weight is 274 g/mol. The smallest absolute Gasteiger partial charge is 0.247 e. The number of ether oxygens (including phenoxy) is 1. The number of para-hydroxylation sites is 1. The number of fused-ring (bicyclic) bond motifs is 3. The van der Waals surface area contributed by atoms with Crippen LogP contribution in [0.1, 0.15) is 13.3 Å². The summed E-state index contributed by atoms with van der Waals surface area (Å²) >= 11 is 1.45.